The van der Waals surface area contributed by atoms with E-state index >= 15 is 0 Å². The molecular weight excluding hydrogens is 376 g/mol. The molecule has 0 amide bonds. The summed E-state index contributed by atoms with van der Waals surface area (Å²) in [5, 5.41) is 8.85. The van der Waals surface area contributed by atoms with E-state index in [0.717, 1.165) is 15.6 Å². The van der Waals surface area contributed by atoms with E-state index in [1.54, 1.807) is 30.3 Å². The van der Waals surface area contributed by atoms with Crippen molar-refractivity contribution < 1.29 is 8.42 Å². The molecule has 0 aliphatic heterocycles. The van der Waals surface area contributed by atoms with Crippen molar-refractivity contribution in [1.29, 1.82) is 5.26 Å². The summed E-state index contributed by atoms with van der Waals surface area (Å²) in [5.74, 6) is 0. The van der Waals surface area contributed by atoms with Gasteiger partial charge in [-0.15, -0.1) is 0 Å². The van der Waals surface area contributed by atoms with Gasteiger partial charge in [-0.25, -0.2) is 8.42 Å². The molecule has 2 aromatic rings. The molecule has 0 N–H and O–H groups in total. The number of rotatable bonds is 5. The quantitative estimate of drug-likeness (QED) is 0.766. The number of hydrogen-bond donors (Lipinski definition) is 0. The SMILES string of the molecule is Cc1ccc(N(CCC#N)S(=O)(=O)c2ccc(Br)c(C)c2)cc1. The van der Waals surface area contributed by atoms with Gasteiger partial charge in [-0.3, -0.25) is 4.31 Å². The van der Waals surface area contributed by atoms with Crippen LogP contribution in [0.5, 0.6) is 0 Å². The van der Waals surface area contributed by atoms with E-state index in [1.807, 2.05) is 32.0 Å². The number of halogens is 1. The number of sulfonamides is 1. The Labute approximate surface area is 145 Å². The topological polar surface area (TPSA) is 61.2 Å². The number of hydrogen-bond acceptors (Lipinski definition) is 3. The zero-order chi connectivity index (χ0) is 17.0. The van der Waals surface area contributed by atoms with E-state index in [1.165, 1.54) is 4.31 Å². The van der Waals surface area contributed by atoms with Crippen LogP contribution in [0, 0.1) is 25.2 Å². The summed E-state index contributed by atoms with van der Waals surface area (Å²) >= 11 is 3.38. The molecule has 2 aromatic carbocycles. The third-order valence-electron chi connectivity index (χ3n) is 3.47. The number of benzene rings is 2. The molecule has 0 atom stereocenters. The van der Waals surface area contributed by atoms with Crippen LogP contribution in [-0.2, 0) is 10.0 Å². The van der Waals surface area contributed by atoms with Crippen LogP contribution in [0.1, 0.15) is 17.5 Å². The van der Waals surface area contributed by atoms with Crippen LogP contribution in [0.4, 0.5) is 5.69 Å². The van der Waals surface area contributed by atoms with Crippen molar-refractivity contribution in [3.8, 4) is 6.07 Å². The molecule has 2 rings (SSSR count). The standard InChI is InChI=1S/C17H17BrN2O2S/c1-13-4-6-15(7-5-13)20(11-3-10-19)23(21,22)16-8-9-17(18)14(2)12-16/h4-9,12H,3,11H2,1-2H3. The summed E-state index contributed by atoms with van der Waals surface area (Å²) in [4.78, 5) is 0.219. The maximum Gasteiger partial charge on any atom is 0.264 e. The number of anilines is 1. The highest BCUT2D eigenvalue weighted by Crippen LogP contribution is 2.27. The maximum atomic E-state index is 13.0. The first-order chi connectivity index (χ1) is 10.9. The molecule has 6 heteroatoms. The number of nitrogens with zero attached hydrogens (tertiary/aromatic N) is 2. The molecule has 4 nitrogen and oxygen atoms in total. The van der Waals surface area contributed by atoms with Crippen molar-refractivity contribution in [1.82, 2.24) is 0 Å². The minimum Gasteiger partial charge on any atom is -0.265 e. The van der Waals surface area contributed by atoms with Gasteiger partial charge in [0.25, 0.3) is 10.0 Å². The number of aryl methyl sites for hydroxylation is 2. The fourth-order valence-electron chi connectivity index (χ4n) is 2.16. The fourth-order valence-corrected chi connectivity index (χ4v) is 3.95. The van der Waals surface area contributed by atoms with Gasteiger partial charge in [0.2, 0.25) is 0 Å². The third-order valence-corrected chi connectivity index (χ3v) is 6.18. The minimum absolute atomic E-state index is 0.122. The van der Waals surface area contributed by atoms with Gasteiger partial charge >= 0.3 is 0 Å². The summed E-state index contributed by atoms with van der Waals surface area (Å²) < 4.78 is 28.1. The average molecular weight is 393 g/mol. The van der Waals surface area contributed by atoms with Crippen molar-refractivity contribution in [2.45, 2.75) is 25.2 Å². The van der Waals surface area contributed by atoms with Gasteiger partial charge in [0.15, 0.2) is 0 Å². The van der Waals surface area contributed by atoms with Crippen molar-refractivity contribution in [2.75, 3.05) is 10.8 Å². The van der Waals surface area contributed by atoms with Crippen LogP contribution in [0.2, 0.25) is 0 Å². The Morgan fingerprint density at radius 1 is 1.13 bits per heavy atom. The number of nitriles is 1. The molecule has 0 fully saturated rings. The second kappa shape index (κ2) is 7.16. The van der Waals surface area contributed by atoms with Gasteiger partial charge in [-0.05, 0) is 49.7 Å². The van der Waals surface area contributed by atoms with Crippen molar-refractivity contribution in [3.05, 3.63) is 58.1 Å². The van der Waals surface area contributed by atoms with Gasteiger partial charge in [-0.2, -0.15) is 5.26 Å². The molecule has 0 aromatic heterocycles. The summed E-state index contributed by atoms with van der Waals surface area (Å²) in [7, 11) is -3.72. The highest BCUT2D eigenvalue weighted by molar-refractivity contribution is 9.10. The maximum absolute atomic E-state index is 13.0. The predicted octanol–water partition coefficient (Wildman–Crippen LogP) is 4.17. The minimum atomic E-state index is -3.72. The van der Waals surface area contributed by atoms with Crippen LogP contribution in [0.15, 0.2) is 51.8 Å². The van der Waals surface area contributed by atoms with E-state index in [-0.39, 0.29) is 17.9 Å². The molecule has 0 aliphatic carbocycles. The van der Waals surface area contributed by atoms with E-state index in [9.17, 15) is 8.42 Å². The lowest BCUT2D eigenvalue weighted by Crippen LogP contribution is -2.32. The Hall–Kier alpha value is -1.84. The van der Waals surface area contributed by atoms with E-state index in [0.29, 0.717) is 5.69 Å². The normalized spacial score (nSPS) is 11.0. The molecule has 0 spiro atoms. The molecule has 120 valence electrons. The summed E-state index contributed by atoms with van der Waals surface area (Å²) in [5.41, 5.74) is 2.45. The molecular formula is C17H17BrN2O2S. The first kappa shape index (κ1) is 17.5. The second-order valence-electron chi connectivity index (χ2n) is 5.23. The highest BCUT2D eigenvalue weighted by atomic mass is 79.9. The zero-order valence-electron chi connectivity index (χ0n) is 13.0. The van der Waals surface area contributed by atoms with Gasteiger partial charge in [0, 0.05) is 11.0 Å². The summed E-state index contributed by atoms with van der Waals surface area (Å²) in [6.45, 7) is 3.90. The fraction of sp³-hybridized carbons (Fsp3) is 0.235. The molecule has 0 heterocycles. The van der Waals surface area contributed by atoms with Gasteiger partial charge in [0.1, 0.15) is 0 Å². The highest BCUT2D eigenvalue weighted by Gasteiger charge is 2.25. The lowest BCUT2D eigenvalue weighted by Gasteiger charge is -2.24. The molecule has 0 unspecified atom stereocenters. The van der Waals surface area contributed by atoms with E-state index in [4.69, 9.17) is 5.26 Å². The van der Waals surface area contributed by atoms with Gasteiger partial charge in [-0.1, -0.05) is 33.6 Å². The molecule has 0 bridgehead atoms. The largest absolute Gasteiger partial charge is 0.265 e. The second-order valence-corrected chi connectivity index (χ2v) is 7.95. The Morgan fingerprint density at radius 3 is 2.35 bits per heavy atom. The first-order valence-corrected chi connectivity index (χ1v) is 9.32. The van der Waals surface area contributed by atoms with Crippen LogP contribution < -0.4 is 4.31 Å². The van der Waals surface area contributed by atoms with E-state index < -0.39 is 10.0 Å². The lowest BCUT2D eigenvalue weighted by atomic mass is 10.2. The molecule has 0 saturated heterocycles. The van der Waals surface area contributed by atoms with Crippen LogP contribution in [0.25, 0.3) is 0 Å². The van der Waals surface area contributed by atoms with Crippen LogP contribution in [0.3, 0.4) is 0 Å². The third kappa shape index (κ3) is 3.92. The summed E-state index contributed by atoms with van der Waals surface area (Å²) in [6.07, 6.45) is 0.128. The molecule has 0 radical (unpaired) electrons. The Bertz CT molecular complexity index is 840. The summed E-state index contributed by atoms with van der Waals surface area (Å²) in [6, 6.07) is 14.2. The molecule has 0 saturated carbocycles. The lowest BCUT2D eigenvalue weighted by molar-refractivity contribution is 0.591. The smallest absolute Gasteiger partial charge is 0.264 e. The van der Waals surface area contributed by atoms with Gasteiger partial charge in [0.05, 0.1) is 23.1 Å². The molecule has 0 aliphatic rings. The van der Waals surface area contributed by atoms with Crippen molar-refractivity contribution in [2.24, 2.45) is 0 Å². The van der Waals surface area contributed by atoms with Crippen molar-refractivity contribution in [3.63, 3.8) is 0 Å². The molecule has 23 heavy (non-hydrogen) atoms. The average Bonchev–Trinajstić information content (AvgIpc) is 2.52. The predicted molar refractivity (Wildman–Crippen MR) is 94.8 cm³/mol. The Kier molecular flexibility index (Phi) is 5.45. The monoisotopic (exact) mass is 392 g/mol. The van der Waals surface area contributed by atoms with Crippen LogP contribution in [-0.4, -0.2) is 15.0 Å². The van der Waals surface area contributed by atoms with E-state index in [2.05, 4.69) is 15.9 Å². The Morgan fingerprint density at radius 2 is 1.78 bits per heavy atom. The van der Waals surface area contributed by atoms with Crippen molar-refractivity contribution >= 4 is 31.6 Å². The first-order valence-electron chi connectivity index (χ1n) is 7.09. The Balaban J connectivity index is 2.50. The zero-order valence-corrected chi connectivity index (χ0v) is 15.4. The van der Waals surface area contributed by atoms with Gasteiger partial charge < -0.3 is 0 Å². The van der Waals surface area contributed by atoms with Crippen LogP contribution >= 0.6 is 15.9 Å².